The predicted molar refractivity (Wildman–Crippen MR) is 118 cm³/mol. The van der Waals surface area contributed by atoms with Crippen LogP contribution < -0.4 is 0 Å². The molecule has 0 unspecified atom stereocenters. The molecule has 166 valence electrons. The van der Waals surface area contributed by atoms with Crippen LogP contribution in [0.4, 0.5) is 5.69 Å². The summed E-state index contributed by atoms with van der Waals surface area (Å²) in [6.45, 7) is 0.663. The van der Waals surface area contributed by atoms with Gasteiger partial charge >= 0.3 is 0 Å². The molecule has 0 atom stereocenters. The van der Waals surface area contributed by atoms with Crippen molar-refractivity contribution < 1.29 is 18.1 Å². The number of hydrogen-bond donors (Lipinski definition) is 0. The first-order valence-corrected chi connectivity index (χ1v) is 11.8. The first kappa shape index (κ1) is 23.5. The summed E-state index contributed by atoms with van der Waals surface area (Å²) in [7, 11) is -4.02. The number of carbonyl (C=O) groups excluding carboxylic acids is 1. The Hall–Kier alpha value is -2.20. The van der Waals surface area contributed by atoms with Gasteiger partial charge in [0.25, 0.3) is 5.69 Å². The van der Waals surface area contributed by atoms with Crippen molar-refractivity contribution in [1.29, 1.82) is 0 Å². The standard InChI is InChI=1S/C20H21Cl2N3O5S/c21-16-9-8-15(14-17(16)22)4-3-7-20(26)23-10-12-24(13-11-23)31(29,30)19-6-2-1-5-18(19)25(27)28/h1-2,5-6,8-9,14H,3-4,7,10-13H2. The highest BCUT2D eigenvalue weighted by Gasteiger charge is 2.34. The summed E-state index contributed by atoms with van der Waals surface area (Å²) in [4.78, 5) is 24.3. The third-order valence-corrected chi connectivity index (χ3v) is 7.80. The normalized spacial score (nSPS) is 15.1. The molecule has 31 heavy (non-hydrogen) atoms. The summed E-state index contributed by atoms with van der Waals surface area (Å²) in [5.74, 6) is -0.0530. The second-order valence-electron chi connectivity index (χ2n) is 7.11. The number of piperazine rings is 1. The minimum atomic E-state index is -4.02. The highest BCUT2D eigenvalue weighted by molar-refractivity contribution is 7.89. The lowest BCUT2D eigenvalue weighted by Gasteiger charge is -2.34. The van der Waals surface area contributed by atoms with Gasteiger partial charge in [0.2, 0.25) is 15.9 Å². The molecule has 8 nitrogen and oxygen atoms in total. The second-order valence-corrected chi connectivity index (χ2v) is 9.83. The Labute approximate surface area is 190 Å². The fourth-order valence-corrected chi connectivity index (χ4v) is 5.34. The molecule has 1 saturated heterocycles. The van der Waals surface area contributed by atoms with Crippen LogP contribution in [0.3, 0.4) is 0 Å². The summed E-state index contributed by atoms with van der Waals surface area (Å²) in [5, 5.41) is 12.1. The number of sulfonamides is 1. The molecule has 0 bridgehead atoms. The molecule has 0 saturated carbocycles. The third-order valence-electron chi connectivity index (χ3n) is 5.11. The van der Waals surface area contributed by atoms with E-state index in [0.717, 1.165) is 5.56 Å². The maximum Gasteiger partial charge on any atom is 0.289 e. The Bertz CT molecular complexity index is 1090. The molecule has 1 fully saturated rings. The van der Waals surface area contributed by atoms with E-state index in [-0.39, 0.29) is 37.0 Å². The molecule has 1 aliphatic heterocycles. The van der Waals surface area contributed by atoms with E-state index >= 15 is 0 Å². The molecule has 1 amide bonds. The number of para-hydroxylation sites is 1. The van der Waals surface area contributed by atoms with Gasteiger partial charge in [-0.1, -0.05) is 41.4 Å². The topological polar surface area (TPSA) is 101 Å². The van der Waals surface area contributed by atoms with Crippen LogP contribution in [0.1, 0.15) is 18.4 Å². The summed E-state index contributed by atoms with van der Waals surface area (Å²) >= 11 is 11.9. The molecule has 0 radical (unpaired) electrons. The van der Waals surface area contributed by atoms with Crippen LogP contribution in [0.2, 0.25) is 10.0 Å². The molecule has 0 N–H and O–H groups in total. The van der Waals surface area contributed by atoms with Crippen molar-refractivity contribution in [3.05, 3.63) is 68.2 Å². The van der Waals surface area contributed by atoms with Crippen molar-refractivity contribution in [2.24, 2.45) is 0 Å². The zero-order chi connectivity index (χ0) is 22.6. The largest absolute Gasteiger partial charge is 0.340 e. The predicted octanol–water partition coefficient (Wildman–Crippen LogP) is 3.76. The maximum absolute atomic E-state index is 12.9. The number of halogens is 2. The second kappa shape index (κ2) is 9.95. The van der Waals surface area contributed by atoms with Gasteiger partial charge in [0.05, 0.1) is 15.0 Å². The van der Waals surface area contributed by atoms with Crippen molar-refractivity contribution in [2.45, 2.75) is 24.2 Å². The molecule has 3 rings (SSSR count). The number of hydrogen-bond acceptors (Lipinski definition) is 5. The summed E-state index contributed by atoms with van der Waals surface area (Å²) in [6.07, 6.45) is 1.64. The van der Waals surface area contributed by atoms with Gasteiger partial charge in [-0.2, -0.15) is 4.31 Å². The van der Waals surface area contributed by atoms with Gasteiger partial charge in [-0.15, -0.1) is 0 Å². The fraction of sp³-hybridized carbons (Fsp3) is 0.350. The zero-order valence-electron chi connectivity index (χ0n) is 16.5. The van der Waals surface area contributed by atoms with E-state index < -0.39 is 20.6 Å². The lowest BCUT2D eigenvalue weighted by molar-refractivity contribution is -0.387. The van der Waals surface area contributed by atoms with Crippen LogP contribution >= 0.6 is 23.2 Å². The van der Waals surface area contributed by atoms with E-state index in [0.29, 0.717) is 29.3 Å². The van der Waals surface area contributed by atoms with Crippen LogP contribution in [0, 0.1) is 10.1 Å². The van der Waals surface area contributed by atoms with Crippen LogP contribution in [0.25, 0.3) is 0 Å². The van der Waals surface area contributed by atoms with Crippen molar-refractivity contribution in [3.63, 3.8) is 0 Å². The Kier molecular flexibility index (Phi) is 7.53. The Balaban J connectivity index is 1.54. The van der Waals surface area contributed by atoms with Crippen LogP contribution in [0.15, 0.2) is 47.4 Å². The molecule has 2 aromatic carbocycles. The van der Waals surface area contributed by atoms with Crippen LogP contribution in [0.5, 0.6) is 0 Å². The quantitative estimate of drug-likeness (QED) is 0.438. The molecule has 0 spiro atoms. The molecular formula is C20H21Cl2N3O5S. The van der Waals surface area contributed by atoms with Gasteiger partial charge in [0.1, 0.15) is 0 Å². The number of nitro groups is 1. The smallest absolute Gasteiger partial charge is 0.289 e. The van der Waals surface area contributed by atoms with E-state index in [2.05, 4.69) is 0 Å². The van der Waals surface area contributed by atoms with E-state index in [1.807, 2.05) is 6.07 Å². The zero-order valence-corrected chi connectivity index (χ0v) is 18.9. The number of nitrogens with zero attached hydrogens (tertiary/aromatic N) is 3. The molecule has 11 heteroatoms. The minimum Gasteiger partial charge on any atom is -0.340 e. The number of rotatable bonds is 7. The maximum atomic E-state index is 12.9. The van der Waals surface area contributed by atoms with E-state index in [9.17, 15) is 23.3 Å². The number of benzene rings is 2. The van der Waals surface area contributed by atoms with Gasteiger partial charge < -0.3 is 4.90 Å². The third kappa shape index (κ3) is 5.54. The Morgan fingerprint density at radius 2 is 1.71 bits per heavy atom. The van der Waals surface area contributed by atoms with E-state index in [4.69, 9.17) is 23.2 Å². The van der Waals surface area contributed by atoms with Gasteiger partial charge in [-0.05, 0) is 36.6 Å². The number of amides is 1. The van der Waals surface area contributed by atoms with Gasteiger partial charge in [0.15, 0.2) is 4.90 Å². The van der Waals surface area contributed by atoms with Crippen molar-refractivity contribution >= 4 is 44.8 Å². The highest BCUT2D eigenvalue weighted by Crippen LogP contribution is 2.27. The Morgan fingerprint density at radius 1 is 1.03 bits per heavy atom. The monoisotopic (exact) mass is 485 g/mol. The summed E-state index contributed by atoms with van der Waals surface area (Å²) < 4.78 is 26.9. The molecule has 2 aromatic rings. The van der Waals surface area contributed by atoms with Gasteiger partial charge in [-0.25, -0.2) is 8.42 Å². The molecule has 1 aliphatic rings. The molecule has 1 heterocycles. The number of carbonyl (C=O) groups is 1. The van der Waals surface area contributed by atoms with Gasteiger partial charge in [0, 0.05) is 38.7 Å². The SMILES string of the molecule is O=C(CCCc1ccc(Cl)c(Cl)c1)N1CCN(S(=O)(=O)c2ccccc2[N+](=O)[O-])CC1. The minimum absolute atomic E-state index is 0.0530. The van der Waals surface area contributed by atoms with Crippen molar-refractivity contribution in [1.82, 2.24) is 9.21 Å². The van der Waals surface area contributed by atoms with Gasteiger partial charge in [-0.3, -0.25) is 14.9 Å². The highest BCUT2D eigenvalue weighted by atomic mass is 35.5. The molecule has 0 aromatic heterocycles. The van der Waals surface area contributed by atoms with Crippen molar-refractivity contribution in [2.75, 3.05) is 26.2 Å². The molecule has 0 aliphatic carbocycles. The number of nitro benzene ring substituents is 1. The average molecular weight is 486 g/mol. The first-order valence-electron chi connectivity index (χ1n) is 9.65. The van der Waals surface area contributed by atoms with E-state index in [1.54, 1.807) is 17.0 Å². The summed E-state index contributed by atoms with van der Waals surface area (Å²) in [6, 6.07) is 10.6. The lowest BCUT2D eigenvalue weighted by atomic mass is 10.1. The fourth-order valence-electron chi connectivity index (χ4n) is 3.44. The number of aryl methyl sites for hydroxylation is 1. The first-order chi connectivity index (χ1) is 14.7. The van der Waals surface area contributed by atoms with Crippen LogP contribution in [-0.2, 0) is 21.2 Å². The lowest BCUT2D eigenvalue weighted by Crippen LogP contribution is -2.50. The average Bonchev–Trinajstić information content (AvgIpc) is 2.76. The van der Waals surface area contributed by atoms with Crippen LogP contribution in [-0.4, -0.2) is 54.6 Å². The molecular weight excluding hydrogens is 465 g/mol. The van der Waals surface area contributed by atoms with E-state index in [1.165, 1.54) is 28.6 Å². The summed E-state index contributed by atoms with van der Waals surface area (Å²) in [5.41, 5.74) is 0.533. The Morgan fingerprint density at radius 3 is 2.35 bits per heavy atom. The van der Waals surface area contributed by atoms with Crippen molar-refractivity contribution in [3.8, 4) is 0 Å².